The average molecular weight is 657 g/mol. The van der Waals surface area contributed by atoms with Crippen molar-refractivity contribution in [1.29, 1.82) is 0 Å². The van der Waals surface area contributed by atoms with Gasteiger partial charge in [-0.2, -0.15) is 0 Å². The predicted molar refractivity (Wildman–Crippen MR) is 190 cm³/mol. The van der Waals surface area contributed by atoms with E-state index in [9.17, 15) is 9.59 Å². The first-order valence-corrected chi connectivity index (χ1v) is 17.0. The standard InChI is InChI=1S/C41H44N4O4/c1-5-43-39(47)33(25-27-18-10-7-11-19-27)45(4)41(49)37-35-30-22-14-12-20-28(30)34(29-21-13-15-23-31(29)35)36(37)40(48)44(3)32(38(46)42-2)24-26-16-8-6-9-17-26/h6-23,32-37H,5,24-25H2,1-4H3,(H,42,46)(H,43,47)/t32-,33+,34?,35?,36-,37+/m1/s1. The SMILES string of the molecule is CCNC(=O)[C@H](Cc1ccccc1)N(C)C(=O)[C@H]1C2c3ccccc3C(c3ccccc32)[C@H]1C(=O)N(C)[C@H](Cc1ccccc1)C(=O)NC. The number of fused-ring (bicyclic) bond motifs is 1. The molecule has 0 heterocycles. The van der Waals surface area contributed by atoms with E-state index >= 15 is 9.59 Å². The molecule has 4 atom stereocenters. The second-order valence-corrected chi connectivity index (χ2v) is 13.1. The molecule has 0 unspecified atom stereocenters. The summed E-state index contributed by atoms with van der Waals surface area (Å²) < 4.78 is 0. The second kappa shape index (κ2) is 14.5. The summed E-state index contributed by atoms with van der Waals surface area (Å²) >= 11 is 0. The number of likely N-dealkylation sites (N-methyl/N-ethyl adjacent to an activating group) is 4. The van der Waals surface area contributed by atoms with Crippen molar-refractivity contribution in [2.75, 3.05) is 27.7 Å². The predicted octanol–water partition coefficient (Wildman–Crippen LogP) is 4.53. The minimum Gasteiger partial charge on any atom is -0.357 e. The highest BCUT2D eigenvalue weighted by atomic mass is 16.2. The number of rotatable bonds is 11. The Balaban J connectivity index is 1.45. The van der Waals surface area contributed by atoms with Gasteiger partial charge in [0.2, 0.25) is 23.6 Å². The van der Waals surface area contributed by atoms with Gasteiger partial charge in [0, 0.05) is 52.4 Å². The van der Waals surface area contributed by atoms with Crippen molar-refractivity contribution in [2.45, 2.75) is 43.7 Å². The smallest absolute Gasteiger partial charge is 0.243 e. The third-order valence-electron chi connectivity index (χ3n) is 10.4. The zero-order valence-electron chi connectivity index (χ0n) is 28.5. The van der Waals surface area contributed by atoms with Gasteiger partial charge in [-0.15, -0.1) is 0 Å². The maximum Gasteiger partial charge on any atom is 0.243 e. The molecular weight excluding hydrogens is 612 g/mol. The largest absolute Gasteiger partial charge is 0.357 e. The zero-order valence-corrected chi connectivity index (χ0v) is 28.5. The third kappa shape index (κ3) is 6.35. The lowest BCUT2D eigenvalue weighted by Crippen LogP contribution is -2.58. The van der Waals surface area contributed by atoms with E-state index < -0.39 is 35.8 Å². The van der Waals surface area contributed by atoms with Crippen molar-refractivity contribution in [3.05, 3.63) is 143 Å². The van der Waals surface area contributed by atoms with Gasteiger partial charge in [-0.25, -0.2) is 0 Å². The van der Waals surface area contributed by atoms with E-state index in [1.165, 1.54) is 4.90 Å². The molecule has 49 heavy (non-hydrogen) atoms. The van der Waals surface area contributed by atoms with Gasteiger partial charge >= 0.3 is 0 Å². The number of nitrogens with zero attached hydrogens (tertiary/aromatic N) is 2. The Labute approximate surface area is 288 Å². The fourth-order valence-electron chi connectivity index (χ4n) is 7.99. The molecule has 0 fully saturated rings. The molecule has 0 aromatic heterocycles. The summed E-state index contributed by atoms with van der Waals surface area (Å²) in [5, 5.41) is 5.68. The number of amides is 4. The molecule has 8 nitrogen and oxygen atoms in total. The van der Waals surface area contributed by atoms with E-state index in [2.05, 4.69) is 34.9 Å². The van der Waals surface area contributed by atoms with E-state index in [-0.39, 0.29) is 23.6 Å². The van der Waals surface area contributed by atoms with Crippen LogP contribution in [0.1, 0.15) is 52.1 Å². The lowest BCUT2D eigenvalue weighted by molar-refractivity contribution is -0.152. The highest BCUT2D eigenvalue weighted by Gasteiger charge is 2.57. The van der Waals surface area contributed by atoms with E-state index in [1.807, 2.05) is 91.9 Å². The van der Waals surface area contributed by atoms with Gasteiger partial charge in [-0.3, -0.25) is 19.2 Å². The van der Waals surface area contributed by atoms with Crippen LogP contribution in [0.25, 0.3) is 0 Å². The molecule has 0 radical (unpaired) electrons. The fraction of sp³-hybridized carbons (Fsp3) is 0.317. The molecule has 4 aromatic carbocycles. The monoisotopic (exact) mass is 656 g/mol. The summed E-state index contributed by atoms with van der Waals surface area (Å²) in [5.41, 5.74) is 5.95. The molecule has 2 bridgehead atoms. The Morgan fingerprint density at radius 1 is 0.571 bits per heavy atom. The Hall–Kier alpha value is -5.24. The van der Waals surface area contributed by atoms with Gasteiger partial charge in [0.1, 0.15) is 12.1 Å². The number of hydrogen-bond acceptors (Lipinski definition) is 4. The number of nitrogens with one attached hydrogen (secondary N) is 2. The maximum absolute atomic E-state index is 15.1. The topological polar surface area (TPSA) is 98.8 Å². The van der Waals surface area contributed by atoms with Crippen molar-refractivity contribution >= 4 is 23.6 Å². The summed E-state index contributed by atoms with van der Waals surface area (Å²) in [6.45, 7) is 2.28. The highest BCUT2D eigenvalue weighted by Crippen LogP contribution is 2.59. The third-order valence-corrected chi connectivity index (χ3v) is 10.4. The Bertz CT molecular complexity index is 1780. The molecule has 7 rings (SSSR count). The molecule has 8 heteroatoms. The molecular formula is C41H44N4O4. The molecule has 0 aliphatic heterocycles. The minimum absolute atomic E-state index is 0.244. The molecule has 3 aliphatic rings. The Kier molecular flexibility index (Phi) is 9.95. The molecule has 0 saturated carbocycles. The summed E-state index contributed by atoms with van der Waals surface area (Å²) in [4.78, 5) is 60.3. The summed E-state index contributed by atoms with van der Waals surface area (Å²) in [6.07, 6.45) is 0.656. The van der Waals surface area contributed by atoms with Crippen molar-refractivity contribution in [1.82, 2.24) is 20.4 Å². The first kappa shape index (κ1) is 33.7. The average Bonchev–Trinajstić information content (AvgIpc) is 3.15. The van der Waals surface area contributed by atoms with Crippen molar-refractivity contribution in [2.24, 2.45) is 11.8 Å². The fourth-order valence-corrected chi connectivity index (χ4v) is 7.99. The van der Waals surface area contributed by atoms with Crippen LogP contribution in [0.15, 0.2) is 109 Å². The van der Waals surface area contributed by atoms with Crippen LogP contribution in [0.2, 0.25) is 0 Å². The summed E-state index contributed by atoms with van der Waals surface area (Å²) in [5.74, 6) is -3.48. The van der Waals surface area contributed by atoms with Crippen LogP contribution < -0.4 is 10.6 Å². The molecule has 2 N–H and O–H groups in total. The normalized spacial score (nSPS) is 19.8. The molecule has 0 saturated heterocycles. The molecule has 0 spiro atoms. The maximum atomic E-state index is 15.1. The summed E-state index contributed by atoms with van der Waals surface area (Å²) in [7, 11) is 4.92. The van der Waals surface area contributed by atoms with Crippen LogP contribution >= 0.6 is 0 Å². The molecule has 4 amide bonds. The van der Waals surface area contributed by atoms with Crippen LogP contribution in [-0.4, -0.2) is 73.2 Å². The second-order valence-electron chi connectivity index (χ2n) is 13.1. The van der Waals surface area contributed by atoms with Crippen LogP contribution in [0.3, 0.4) is 0 Å². The first-order valence-electron chi connectivity index (χ1n) is 17.0. The van der Waals surface area contributed by atoms with Gasteiger partial charge in [0.25, 0.3) is 0 Å². The number of carbonyl (C=O) groups is 4. The number of hydrogen-bond donors (Lipinski definition) is 2. The van der Waals surface area contributed by atoms with Gasteiger partial charge in [0.05, 0.1) is 11.8 Å². The lowest BCUT2D eigenvalue weighted by Gasteiger charge is -2.51. The van der Waals surface area contributed by atoms with E-state index in [0.29, 0.717) is 19.4 Å². The quantitative estimate of drug-likeness (QED) is 0.248. The minimum atomic E-state index is -0.802. The first-order chi connectivity index (χ1) is 23.8. The zero-order chi connectivity index (χ0) is 34.7. The van der Waals surface area contributed by atoms with Crippen LogP contribution in [0.5, 0.6) is 0 Å². The Morgan fingerprint density at radius 3 is 1.27 bits per heavy atom. The lowest BCUT2D eigenvalue weighted by atomic mass is 9.53. The Morgan fingerprint density at radius 2 is 0.918 bits per heavy atom. The van der Waals surface area contributed by atoms with Gasteiger partial charge in [-0.05, 0) is 40.3 Å². The number of benzene rings is 4. The summed E-state index contributed by atoms with van der Waals surface area (Å²) in [6, 6.07) is 33.8. The van der Waals surface area contributed by atoms with Crippen LogP contribution in [0.4, 0.5) is 0 Å². The van der Waals surface area contributed by atoms with Gasteiger partial charge in [0.15, 0.2) is 0 Å². The van der Waals surface area contributed by atoms with Gasteiger partial charge in [-0.1, -0.05) is 109 Å². The highest BCUT2D eigenvalue weighted by molar-refractivity contribution is 5.96. The molecule has 3 aliphatic carbocycles. The van der Waals surface area contributed by atoms with Gasteiger partial charge < -0.3 is 20.4 Å². The number of carbonyl (C=O) groups excluding carboxylic acids is 4. The van der Waals surface area contributed by atoms with Crippen molar-refractivity contribution < 1.29 is 19.2 Å². The molecule has 252 valence electrons. The van der Waals surface area contributed by atoms with Crippen LogP contribution in [-0.2, 0) is 32.0 Å². The van der Waals surface area contributed by atoms with E-state index in [1.54, 1.807) is 26.0 Å². The van der Waals surface area contributed by atoms with E-state index in [4.69, 9.17) is 0 Å². The van der Waals surface area contributed by atoms with Crippen LogP contribution in [0, 0.1) is 11.8 Å². The van der Waals surface area contributed by atoms with E-state index in [0.717, 1.165) is 33.4 Å². The van der Waals surface area contributed by atoms with Crippen molar-refractivity contribution in [3.63, 3.8) is 0 Å². The van der Waals surface area contributed by atoms with Crippen molar-refractivity contribution in [3.8, 4) is 0 Å². The molecule has 4 aromatic rings.